The Labute approximate surface area is 94.0 Å². The SMILES string of the molecule is CNC1CCN(c2ccc(Cl)cc2)C1=O. The standard InChI is InChI=1S/C11H13ClN2O/c1-13-10-6-7-14(11(10)15)9-4-2-8(12)3-5-9/h2-5,10,13H,6-7H2,1H3. The molecule has 0 bridgehead atoms. The molecule has 0 aliphatic carbocycles. The van der Waals surface area contributed by atoms with Crippen molar-refractivity contribution in [2.45, 2.75) is 12.5 Å². The second-order valence-corrected chi connectivity index (χ2v) is 4.03. The average molecular weight is 225 g/mol. The molecular weight excluding hydrogens is 212 g/mol. The second kappa shape index (κ2) is 4.21. The Morgan fingerprint density at radius 1 is 1.40 bits per heavy atom. The summed E-state index contributed by atoms with van der Waals surface area (Å²) in [5.74, 6) is 0.139. The molecular formula is C11H13ClN2O. The van der Waals surface area contributed by atoms with Crippen molar-refractivity contribution in [3.05, 3.63) is 29.3 Å². The summed E-state index contributed by atoms with van der Waals surface area (Å²) in [7, 11) is 1.81. The van der Waals surface area contributed by atoms with Crippen LogP contribution in [0.25, 0.3) is 0 Å². The maximum Gasteiger partial charge on any atom is 0.244 e. The zero-order chi connectivity index (χ0) is 10.8. The third kappa shape index (κ3) is 1.98. The molecule has 80 valence electrons. The number of carbonyl (C=O) groups is 1. The molecule has 0 radical (unpaired) electrons. The van der Waals surface area contributed by atoms with Crippen LogP contribution in [0.15, 0.2) is 24.3 Å². The largest absolute Gasteiger partial charge is 0.311 e. The molecule has 15 heavy (non-hydrogen) atoms. The molecule has 2 rings (SSSR count). The number of carbonyl (C=O) groups excluding carboxylic acids is 1. The molecule has 1 aromatic carbocycles. The molecule has 1 fully saturated rings. The highest BCUT2D eigenvalue weighted by Gasteiger charge is 2.30. The van der Waals surface area contributed by atoms with Crippen molar-refractivity contribution in [2.75, 3.05) is 18.5 Å². The molecule has 1 aliphatic heterocycles. The molecule has 0 spiro atoms. The van der Waals surface area contributed by atoms with Crippen LogP contribution >= 0.6 is 11.6 Å². The summed E-state index contributed by atoms with van der Waals surface area (Å²) < 4.78 is 0. The molecule has 4 heteroatoms. The Balaban J connectivity index is 2.19. The summed E-state index contributed by atoms with van der Waals surface area (Å²) >= 11 is 5.79. The van der Waals surface area contributed by atoms with E-state index in [1.54, 1.807) is 17.0 Å². The predicted octanol–water partition coefficient (Wildman–Crippen LogP) is 1.66. The summed E-state index contributed by atoms with van der Waals surface area (Å²) in [5, 5.41) is 3.70. The lowest BCUT2D eigenvalue weighted by Gasteiger charge is -2.16. The van der Waals surface area contributed by atoms with Gasteiger partial charge in [-0.1, -0.05) is 11.6 Å². The highest BCUT2D eigenvalue weighted by molar-refractivity contribution is 6.30. The molecule has 0 aromatic heterocycles. The van der Waals surface area contributed by atoms with Gasteiger partial charge in [-0.2, -0.15) is 0 Å². The zero-order valence-electron chi connectivity index (χ0n) is 8.53. The summed E-state index contributed by atoms with van der Waals surface area (Å²) in [6.07, 6.45) is 0.859. The monoisotopic (exact) mass is 224 g/mol. The maximum absolute atomic E-state index is 11.9. The van der Waals surface area contributed by atoms with Gasteiger partial charge in [0.05, 0.1) is 6.04 Å². The Hall–Kier alpha value is -1.06. The zero-order valence-corrected chi connectivity index (χ0v) is 9.29. The minimum atomic E-state index is -0.0410. The van der Waals surface area contributed by atoms with Crippen LogP contribution in [0.5, 0.6) is 0 Å². The van der Waals surface area contributed by atoms with E-state index in [1.165, 1.54) is 0 Å². The molecule has 1 N–H and O–H groups in total. The number of nitrogens with zero attached hydrogens (tertiary/aromatic N) is 1. The van der Waals surface area contributed by atoms with Gasteiger partial charge >= 0.3 is 0 Å². The van der Waals surface area contributed by atoms with Gasteiger partial charge in [0.15, 0.2) is 0 Å². The summed E-state index contributed by atoms with van der Waals surface area (Å²) in [6, 6.07) is 7.31. The maximum atomic E-state index is 11.9. The fraction of sp³-hybridized carbons (Fsp3) is 0.364. The van der Waals surface area contributed by atoms with Crippen molar-refractivity contribution in [3.8, 4) is 0 Å². The van der Waals surface area contributed by atoms with Crippen molar-refractivity contribution in [1.82, 2.24) is 5.32 Å². The third-order valence-electron chi connectivity index (χ3n) is 2.69. The molecule has 1 atom stereocenters. The molecule has 1 unspecified atom stereocenters. The van der Waals surface area contributed by atoms with Crippen LogP contribution < -0.4 is 10.2 Å². The van der Waals surface area contributed by atoms with Gasteiger partial charge in [-0.05, 0) is 37.7 Å². The molecule has 1 aromatic rings. The van der Waals surface area contributed by atoms with Crippen LogP contribution in [0.2, 0.25) is 5.02 Å². The second-order valence-electron chi connectivity index (χ2n) is 3.60. The number of hydrogen-bond donors (Lipinski definition) is 1. The van der Waals surface area contributed by atoms with E-state index in [9.17, 15) is 4.79 Å². The van der Waals surface area contributed by atoms with Gasteiger partial charge in [0.1, 0.15) is 0 Å². The van der Waals surface area contributed by atoms with Crippen molar-refractivity contribution in [3.63, 3.8) is 0 Å². The molecule has 3 nitrogen and oxygen atoms in total. The van der Waals surface area contributed by atoms with Crippen LogP contribution in [-0.2, 0) is 4.79 Å². The topological polar surface area (TPSA) is 32.3 Å². The Kier molecular flexibility index (Phi) is 2.93. The normalized spacial score (nSPS) is 21.1. The van der Waals surface area contributed by atoms with Crippen molar-refractivity contribution in [1.29, 1.82) is 0 Å². The molecule has 0 saturated carbocycles. The summed E-state index contributed by atoms with van der Waals surface area (Å²) in [4.78, 5) is 13.6. The molecule has 1 aliphatic rings. The number of likely N-dealkylation sites (N-methyl/N-ethyl adjacent to an activating group) is 1. The van der Waals surface area contributed by atoms with Crippen molar-refractivity contribution >= 4 is 23.2 Å². The minimum absolute atomic E-state index is 0.0410. The van der Waals surface area contributed by atoms with Crippen LogP contribution in [0, 0.1) is 0 Å². The Bertz CT molecular complexity index is 363. The Morgan fingerprint density at radius 2 is 2.07 bits per heavy atom. The van der Waals surface area contributed by atoms with Gasteiger partial charge in [-0.3, -0.25) is 4.79 Å². The third-order valence-corrected chi connectivity index (χ3v) is 2.94. The number of amides is 1. The smallest absolute Gasteiger partial charge is 0.244 e. The first-order valence-corrected chi connectivity index (χ1v) is 5.34. The highest BCUT2D eigenvalue weighted by atomic mass is 35.5. The number of nitrogens with one attached hydrogen (secondary N) is 1. The van der Waals surface area contributed by atoms with E-state index in [1.807, 2.05) is 19.2 Å². The fourth-order valence-corrected chi connectivity index (χ4v) is 1.95. The van der Waals surface area contributed by atoms with Gasteiger partial charge < -0.3 is 10.2 Å². The van der Waals surface area contributed by atoms with E-state index in [2.05, 4.69) is 5.32 Å². The average Bonchev–Trinajstić information content (AvgIpc) is 2.61. The first kappa shape index (κ1) is 10.5. The van der Waals surface area contributed by atoms with Gasteiger partial charge in [0.25, 0.3) is 0 Å². The van der Waals surface area contributed by atoms with E-state index in [0.717, 1.165) is 18.7 Å². The van der Waals surface area contributed by atoms with E-state index in [4.69, 9.17) is 11.6 Å². The summed E-state index contributed by atoms with van der Waals surface area (Å²) in [6.45, 7) is 0.770. The highest BCUT2D eigenvalue weighted by Crippen LogP contribution is 2.23. The quantitative estimate of drug-likeness (QED) is 0.829. The first-order chi connectivity index (χ1) is 7.22. The van der Waals surface area contributed by atoms with Crippen molar-refractivity contribution < 1.29 is 4.79 Å². The van der Waals surface area contributed by atoms with Crippen LogP contribution in [0.1, 0.15) is 6.42 Å². The number of hydrogen-bond acceptors (Lipinski definition) is 2. The van der Waals surface area contributed by atoms with Gasteiger partial charge in [-0.15, -0.1) is 0 Å². The van der Waals surface area contributed by atoms with E-state index in [-0.39, 0.29) is 11.9 Å². The fourth-order valence-electron chi connectivity index (χ4n) is 1.83. The van der Waals surface area contributed by atoms with Crippen LogP contribution in [0.3, 0.4) is 0 Å². The van der Waals surface area contributed by atoms with Crippen molar-refractivity contribution in [2.24, 2.45) is 0 Å². The van der Waals surface area contributed by atoms with E-state index in [0.29, 0.717) is 5.02 Å². The van der Waals surface area contributed by atoms with E-state index < -0.39 is 0 Å². The summed E-state index contributed by atoms with van der Waals surface area (Å²) in [5.41, 5.74) is 0.919. The predicted molar refractivity (Wildman–Crippen MR) is 61.3 cm³/mol. The lowest BCUT2D eigenvalue weighted by atomic mass is 10.2. The van der Waals surface area contributed by atoms with Gasteiger partial charge in [0.2, 0.25) is 5.91 Å². The van der Waals surface area contributed by atoms with Gasteiger partial charge in [0, 0.05) is 17.3 Å². The number of halogens is 1. The number of benzene rings is 1. The molecule has 1 saturated heterocycles. The number of anilines is 1. The van der Waals surface area contributed by atoms with E-state index >= 15 is 0 Å². The van der Waals surface area contributed by atoms with Crippen LogP contribution in [0.4, 0.5) is 5.69 Å². The lowest BCUT2D eigenvalue weighted by Crippen LogP contribution is -2.36. The lowest BCUT2D eigenvalue weighted by molar-refractivity contribution is -0.118. The van der Waals surface area contributed by atoms with Gasteiger partial charge in [-0.25, -0.2) is 0 Å². The molecule has 1 heterocycles. The first-order valence-electron chi connectivity index (χ1n) is 4.96. The minimum Gasteiger partial charge on any atom is -0.311 e. The Morgan fingerprint density at radius 3 is 2.60 bits per heavy atom. The number of rotatable bonds is 2. The van der Waals surface area contributed by atoms with Crippen LogP contribution in [-0.4, -0.2) is 25.5 Å². The molecule has 1 amide bonds.